The number of oxazole rings is 1. The molecule has 0 aliphatic rings. The maximum absolute atomic E-state index is 13.6. The van der Waals surface area contributed by atoms with Gasteiger partial charge >= 0.3 is 0 Å². The van der Waals surface area contributed by atoms with Crippen LogP contribution in [0.2, 0.25) is 0 Å². The molecule has 6 heteroatoms. The second-order valence-corrected chi connectivity index (χ2v) is 5.52. The zero-order valence-electron chi connectivity index (χ0n) is 12.9. The van der Waals surface area contributed by atoms with Crippen LogP contribution in [0.25, 0.3) is 11.1 Å². The van der Waals surface area contributed by atoms with Crippen molar-refractivity contribution in [2.24, 2.45) is 0 Å². The molecule has 0 bridgehead atoms. The van der Waals surface area contributed by atoms with Gasteiger partial charge in [0.1, 0.15) is 11.3 Å². The summed E-state index contributed by atoms with van der Waals surface area (Å²) in [5.41, 5.74) is 1.42. The van der Waals surface area contributed by atoms with E-state index in [4.69, 9.17) is 4.42 Å². The van der Waals surface area contributed by atoms with Crippen LogP contribution in [0.1, 0.15) is 11.6 Å². The van der Waals surface area contributed by atoms with Crippen molar-refractivity contribution in [3.8, 4) is 0 Å². The van der Waals surface area contributed by atoms with Gasteiger partial charge in [-0.2, -0.15) is 4.98 Å². The van der Waals surface area contributed by atoms with Crippen LogP contribution in [0.5, 0.6) is 0 Å². The highest BCUT2D eigenvalue weighted by molar-refractivity contribution is 5.74. The molecule has 23 heavy (non-hydrogen) atoms. The van der Waals surface area contributed by atoms with Crippen molar-refractivity contribution in [2.45, 2.75) is 6.04 Å². The maximum Gasteiger partial charge on any atom is 0.295 e. The number of para-hydroxylation sites is 1. The zero-order chi connectivity index (χ0) is 16.4. The van der Waals surface area contributed by atoms with Crippen LogP contribution < -0.4 is 5.32 Å². The summed E-state index contributed by atoms with van der Waals surface area (Å²) in [6.07, 6.45) is 0. The van der Waals surface area contributed by atoms with Crippen LogP contribution in [0.15, 0.2) is 46.9 Å². The van der Waals surface area contributed by atoms with Gasteiger partial charge in [-0.25, -0.2) is 8.78 Å². The predicted octanol–water partition coefficient (Wildman–Crippen LogP) is 3.82. The Balaban J connectivity index is 1.79. The number of nitrogens with zero attached hydrogens (tertiary/aromatic N) is 2. The van der Waals surface area contributed by atoms with Gasteiger partial charge in [-0.1, -0.05) is 18.2 Å². The molecule has 0 fully saturated rings. The lowest BCUT2D eigenvalue weighted by molar-refractivity contribution is 0.309. The van der Waals surface area contributed by atoms with Crippen molar-refractivity contribution in [3.63, 3.8) is 0 Å². The van der Waals surface area contributed by atoms with Gasteiger partial charge in [0.05, 0.1) is 6.04 Å². The van der Waals surface area contributed by atoms with Crippen molar-refractivity contribution < 1.29 is 13.2 Å². The summed E-state index contributed by atoms with van der Waals surface area (Å²) >= 11 is 0. The molecule has 3 rings (SSSR count). The van der Waals surface area contributed by atoms with E-state index in [0.717, 1.165) is 5.56 Å². The van der Waals surface area contributed by atoms with Crippen LogP contribution in [0, 0.1) is 11.6 Å². The number of benzene rings is 2. The second kappa shape index (κ2) is 6.34. The van der Waals surface area contributed by atoms with Gasteiger partial charge in [-0.05, 0) is 43.9 Å². The molecule has 0 aliphatic heterocycles. The average Bonchev–Trinajstić information content (AvgIpc) is 2.92. The quantitative estimate of drug-likeness (QED) is 0.777. The first-order valence-electron chi connectivity index (χ1n) is 7.25. The van der Waals surface area contributed by atoms with Crippen molar-refractivity contribution in [2.75, 3.05) is 26.0 Å². The fourth-order valence-electron chi connectivity index (χ4n) is 2.49. The molecule has 0 radical (unpaired) electrons. The molecule has 2 aromatic carbocycles. The van der Waals surface area contributed by atoms with Crippen LogP contribution in [-0.4, -0.2) is 30.5 Å². The number of fused-ring (bicyclic) bond motifs is 1. The number of nitrogens with one attached hydrogen (secondary N) is 1. The Morgan fingerprint density at radius 1 is 1.17 bits per heavy atom. The number of aromatic nitrogens is 1. The molecule has 4 nitrogen and oxygen atoms in total. The molecular formula is C17H17F2N3O. The minimum atomic E-state index is -0.423. The summed E-state index contributed by atoms with van der Waals surface area (Å²) in [5.74, 6) is -0.702. The zero-order valence-corrected chi connectivity index (χ0v) is 12.9. The minimum absolute atomic E-state index is 0.0782. The lowest BCUT2D eigenvalue weighted by Gasteiger charge is -2.24. The van der Waals surface area contributed by atoms with Gasteiger partial charge in [0.15, 0.2) is 11.4 Å². The number of halogens is 2. The van der Waals surface area contributed by atoms with Gasteiger partial charge in [0, 0.05) is 6.54 Å². The molecule has 120 valence electrons. The van der Waals surface area contributed by atoms with Gasteiger partial charge in [-0.3, -0.25) is 0 Å². The summed E-state index contributed by atoms with van der Waals surface area (Å²) in [6, 6.07) is 11.2. The Labute approximate surface area is 132 Å². The van der Waals surface area contributed by atoms with E-state index in [-0.39, 0.29) is 23.4 Å². The van der Waals surface area contributed by atoms with Crippen LogP contribution >= 0.6 is 0 Å². The fraction of sp³-hybridized carbons (Fsp3) is 0.235. The van der Waals surface area contributed by atoms with E-state index in [2.05, 4.69) is 10.3 Å². The van der Waals surface area contributed by atoms with Crippen molar-refractivity contribution >= 4 is 17.1 Å². The smallest absolute Gasteiger partial charge is 0.295 e. The van der Waals surface area contributed by atoms with E-state index in [1.54, 1.807) is 18.2 Å². The molecule has 0 unspecified atom stereocenters. The third kappa shape index (κ3) is 3.32. The Bertz CT molecular complexity index is 816. The standard InChI is InChI=1S/C17H17F2N3O/c1-22(2)14(11-5-3-6-12(18)9-11)10-20-17-21-16-13(19)7-4-8-15(16)23-17/h3-9,14H,10H2,1-2H3,(H,20,21)/t14-/m1/s1. The second-order valence-electron chi connectivity index (χ2n) is 5.52. The van der Waals surface area contributed by atoms with E-state index in [1.165, 1.54) is 18.2 Å². The average molecular weight is 317 g/mol. The van der Waals surface area contributed by atoms with Crippen LogP contribution in [0.4, 0.5) is 14.8 Å². The van der Waals surface area contributed by atoms with Gasteiger partial charge in [0.2, 0.25) is 0 Å². The highest BCUT2D eigenvalue weighted by Crippen LogP contribution is 2.23. The van der Waals surface area contributed by atoms with E-state index in [1.807, 2.05) is 25.1 Å². The Morgan fingerprint density at radius 2 is 1.96 bits per heavy atom. The van der Waals surface area contributed by atoms with Gasteiger partial charge < -0.3 is 14.6 Å². The third-order valence-corrected chi connectivity index (χ3v) is 3.67. The highest BCUT2D eigenvalue weighted by Gasteiger charge is 2.16. The predicted molar refractivity (Wildman–Crippen MR) is 85.3 cm³/mol. The largest absolute Gasteiger partial charge is 0.423 e. The van der Waals surface area contributed by atoms with Gasteiger partial charge in [0.25, 0.3) is 6.01 Å². The summed E-state index contributed by atoms with van der Waals surface area (Å²) < 4.78 is 32.5. The number of likely N-dealkylation sites (N-methyl/N-ethyl adjacent to an activating group) is 1. The molecule has 0 aliphatic carbocycles. The Kier molecular flexibility index (Phi) is 4.25. The molecule has 0 saturated heterocycles. The number of rotatable bonds is 5. The summed E-state index contributed by atoms with van der Waals surface area (Å²) in [4.78, 5) is 6.07. The molecule has 0 saturated carbocycles. The minimum Gasteiger partial charge on any atom is -0.423 e. The molecule has 0 spiro atoms. The van der Waals surface area contributed by atoms with Crippen molar-refractivity contribution in [1.82, 2.24) is 9.88 Å². The molecular weight excluding hydrogens is 300 g/mol. The molecule has 1 N–H and O–H groups in total. The molecule has 1 aromatic heterocycles. The first-order chi connectivity index (χ1) is 11.0. The van der Waals surface area contributed by atoms with E-state index in [9.17, 15) is 8.78 Å². The maximum atomic E-state index is 13.6. The lowest BCUT2D eigenvalue weighted by atomic mass is 10.1. The third-order valence-electron chi connectivity index (χ3n) is 3.67. The molecule has 1 atom stereocenters. The Hall–Kier alpha value is -2.47. The highest BCUT2D eigenvalue weighted by atomic mass is 19.1. The van der Waals surface area contributed by atoms with E-state index in [0.29, 0.717) is 12.1 Å². The number of hydrogen-bond acceptors (Lipinski definition) is 4. The summed E-state index contributed by atoms with van der Waals surface area (Å²) in [5, 5.41) is 3.05. The Morgan fingerprint density at radius 3 is 2.65 bits per heavy atom. The molecule has 0 amide bonds. The van der Waals surface area contributed by atoms with E-state index >= 15 is 0 Å². The first-order valence-corrected chi connectivity index (χ1v) is 7.25. The van der Waals surface area contributed by atoms with Crippen LogP contribution in [0.3, 0.4) is 0 Å². The summed E-state index contributed by atoms with van der Waals surface area (Å²) in [6.45, 7) is 0.449. The van der Waals surface area contributed by atoms with E-state index < -0.39 is 5.82 Å². The first kappa shape index (κ1) is 15.4. The lowest BCUT2D eigenvalue weighted by Crippen LogP contribution is -2.27. The SMILES string of the molecule is CN(C)[C@H](CNc1nc2c(F)cccc2o1)c1cccc(F)c1. The molecule has 1 heterocycles. The topological polar surface area (TPSA) is 41.3 Å². The fourth-order valence-corrected chi connectivity index (χ4v) is 2.49. The monoisotopic (exact) mass is 317 g/mol. The number of hydrogen-bond donors (Lipinski definition) is 1. The number of anilines is 1. The normalized spacial score (nSPS) is 12.7. The van der Waals surface area contributed by atoms with Crippen molar-refractivity contribution in [1.29, 1.82) is 0 Å². The van der Waals surface area contributed by atoms with Crippen LogP contribution in [-0.2, 0) is 0 Å². The van der Waals surface area contributed by atoms with Crippen molar-refractivity contribution in [3.05, 3.63) is 59.7 Å². The molecule has 3 aromatic rings. The van der Waals surface area contributed by atoms with Gasteiger partial charge in [-0.15, -0.1) is 0 Å². The summed E-state index contributed by atoms with van der Waals surface area (Å²) in [7, 11) is 3.81.